The lowest BCUT2D eigenvalue weighted by molar-refractivity contribution is -0.194. The molecule has 0 aliphatic carbocycles. The van der Waals surface area contributed by atoms with Crippen LogP contribution in [0.15, 0.2) is 41.3 Å². The number of carboxylic acid groups (broad SMARTS) is 1. The molecule has 172 valence electrons. The minimum atomic E-state index is -4.01. The number of hydrogen-bond acceptors (Lipinski definition) is 7. The van der Waals surface area contributed by atoms with E-state index in [0.29, 0.717) is 29.7 Å². The zero-order valence-corrected chi connectivity index (χ0v) is 18.6. The van der Waals surface area contributed by atoms with E-state index in [1.165, 1.54) is 32.2 Å². The summed E-state index contributed by atoms with van der Waals surface area (Å²) in [5.74, 6) is -1.02. The number of sulfonamides is 1. The number of fused-ring (bicyclic) bond motifs is 1. The van der Waals surface area contributed by atoms with Crippen LogP contribution in [0.3, 0.4) is 0 Å². The van der Waals surface area contributed by atoms with Crippen LogP contribution in [0.2, 0.25) is 0 Å². The summed E-state index contributed by atoms with van der Waals surface area (Å²) < 4.78 is 31.0. The van der Waals surface area contributed by atoms with Crippen molar-refractivity contribution in [1.82, 2.24) is 9.84 Å². The Morgan fingerprint density at radius 2 is 2.00 bits per heavy atom. The number of benzene rings is 2. The van der Waals surface area contributed by atoms with Crippen LogP contribution >= 0.6 is 0 Å². The molecule has 0 radical (unpaired) electrons. The Labute approximate surface area is 185 Å². The van der Waals surface area contributed by atoms with Crippen molar-refractivity contribution >= 4 is 21.9 Å². The largest absolute Gasteiger partial charge is 0.478 e. The number of rotatable bonds is 9. The average Bonchev–Trinajstić information content (AvgIpc) is 3.20. The van der Waals surface area contributed by atoms with Crippen molar-refractivity contribution in [3.63, 3.8) is 0 Å². The fourth-order valence-corrected chi connectivity index (χ4v) is 4.21. The number of aliphatic carboxylic acids is 1. The molecule has 0 fully saturated rings. The van der Waals surface area contributed by atoms with Crippen LogP contribution in [0.4, 0.5) is 0 Å². The normalized spacial score (nSPS) is 13.7. The monoisotopic (exact) mass is 464 g/mol. The molecule has 1 aliphatic heterocycles. The van der Waals surface area contributed by atoms with Crippen molar-refractivity contribution < 1.29 is 37.6 Å². The third kappa shape index (κ3) is 5.18. The van der Waals surface area contributed by atoms with Crippen LogP contribution in [-0.4, -0.2) is 37.5 Å². The third-order valence-corrected chi connectivity index (χ3v) is 6.21. The van der Waals surface area contributed by atoms with E-state index in [-0.39, 0.29) is 17.3 Å². The van der Waals surface area contributed by atoms with E-state index in [2.05, 4.69) is 4.83 Å². The molecule has 0 aromatic heterocycles. The van der Waals surface area contributed by atoms with Crippen LogP contribution in [0, 0.1) is 0 Å². The first-order chi connectivity index (χ1) is 15.1. The van der Waals surface area contributed by atoms with Crippen molar-refractivity contribution in [2.75, 3.05) is 7.05 Å². The highest BCUT2D eigenvalue weighted by Crippen LogP contribution is 2.33. The molecular weight excluding hydrogens is 440 g/mol. The second-order valence-electron chi connectivity index (χ2n) is 7.24. The Kier molecular flexibility index (Phi) is 7.02. The Balaban J connectivity index is 1.92. The number of ether oxygens (including phenoxy) is 1. The van der Waals surface area contributed by atoms with Gasteiger partial charge >= 0.3 is 5.97 Å². The second-order valence-corrected chi connectivity index (χ2v) is 8.90. The van der Waals surface area contributed by atoms with Gasteiger partial charge in [-0.1, -0.05) is 25.5 Å². The van der Waals surface area contributed by atoms with E-state index in [4.69, 9.17) is 14.5 Å². The number of hydrogen-bond donors (Lipinski definition) is 2. The molecule has 0 bridgehead atoms. The molecule has 32 heavy (non-hydrogen) atoms. The fourth-order valence-electron chi connectivity index (χ4n) is 3.08. The Bertz CT molecular complexity index is 1130. The molecule has 1 atom stereocenters. The van der Waals surface area contributed by atoms with E-state index in [1.54, 1.807) is 18.2 Å². The minimum Gasteiger partial charge on any atom is -0.478 e. The Morgan fingerprint density at radius 1 is 1.25 bits per heavy atom. The molecule has 0 saturated carbocycles. The molecule has 2 aromatic carbocycles. The van der Waals surface area contributed by atoms with Crippen LogP contribution in [0.25, 0.3) is 0 Å². The maximum Gasteiger partial charge on any atom is 0.349 e. The second kappa shape index (κ2) is 9.55. The third-order valence-electron chi connectivity index (χ3n) is 4.82. The van der Waals surface area contributed by atoms with Crippen molar-refractivity contribution in [2.24, 2.45) is 0 Å². The quantitative estimate of drug-likeness (QED) is 0.427. The molecule has 10 nitrogen and oxygen atoms in total. The minimum absolute atomic E-state index is 0.0728. The summed E-state index contributed by atoms with van der Waals surface area (Å²) >= 11 is 0. The molecule has 0 spiro atoms. The summed E-state index contributed by atoms with van der Waals surface area (Å²) in [6, 6.07) is 8.99. The maximum absolute atomic E-state index is 12.6. The molecule has 2 N–H and O–H groups in total. The standard InChI is InChI=1S/C21H24N2O8S/c1-4-5-14-10-17(32(27,28)22-23(3)13(2)24)8-9-18(14)30-20(21(25)26)15-6-7-16-12-29-31-19(16)11-15/h6-11,20,22H,4-5,12H2,1-3H3,(H,25,26). The van der Waals surface area contributed by atoms with Gasteiger partial charge in [-0.3, -0.25) is 9.80 Å². The average molecular weight is 464 g/mol. The predicted molar refractivity (Wildman–Crippen MR) is 112 cm³/mol. The van der Waals surface area contributed by atoms with Crippen LogP contribution < -0.4 is 14.5 Å². The van der Waals surface area contributed by atoms with Crippen molar-refractivity contribution in [2.45, 2.75) is 44.3 Å². The highest BCUT2D eigenvalue weighted by molar-refractivity contribution is 7.89. The molecule has 3 rings (SSSR count). The number of amides is 1. The number of carbonyl (C=O) groups excluding carboxylic acids is 1. The Hall–Kier alpha value is -3.15. The van der Waals surface area contributed by atoms with Gasteiger partial charge in [-0.05, 0) is 36.2 Å². The molecule has 1 aliphatic rings. The van der Waals surface area contributed by atoms with Gasteiger partial charge in [0.25, 0.3) is 10.0 Å². The first-order valence-electron chi connectivity index (χ1n) is 9.83. The summed E-state index contributed by atoms with van der Waals surface area (Å²) in [7, 11) is -2.71. The van der Waals surface area contributed by atoms with Gasteiger partial charge in [-0.15, -0.1) is 4.83 Å². The summed E-state index contributed by atoms with van der Waals surface area (Å²) in [5, 5.41) is 10.6. The van der Waals surface area contributed by atoms with Crippen molar-refractivity contribution in [3.8, 4) is 11.5 Å². The number of carboxylic acids is 1. The summed E-state index contributed by atoms with van der Waals surface area (Å²) in [4.78, 5) is 35.3. The molecule has 1 heterocycles. The topological polar surface area (TPSA) is 131 Å². The number of nitrogens with one attached hydrogen (secondary N) is 1. The van der Waals surface area contributed by atoms with Gasteiger partial charge in [0, 0.05) is 25.1 Å². The molecule has 2 aromatic rings. The van der Waals surface area contributed by atoms with E-state index in [1.807, 2.05) is 6.92 Å². The molecule has 11 heteroatoms. The highest BCUT2D eigenvalue weighted by Gasteiger charge is 2.27. The summed E-state index contributed by atoms with van der Waals surface area (Å²) in [5.41, 5.74) is 1.67. The van der Waals surface area contributed by atoms with Gasteiger partial charge in [0.15, 0.2) is 5.75 Å². The van der Waals surface area contributed by atoms with Gasteiger partial charge in [0.2, 0.25) is 12.0 Å². The lowest BCUT2D eigenvalue weighted by atomic mass is 10.1. The summed E-state index contributed by atoms with van der Waals surface area (Å²) in [6.45, 7) is 3.40. The predicted octanol–water partition coefficient (Wildman–Crippen LogP) is 2.34. The van der Waals surface area contributed by atoms with E-state index in [9.17, 15) is 23.1 Å². The number of nitrogens with zero attached hydrogens (tertiary/aromatic N) is 1. The van der Waals surface area contributed by atoms with Gasteiger partial charge in [0.1, 0.15) is 12.4 Å². The Morgan fingerprint density at radius 3 is 2.66 bits per heavy atom. The zero-order chi connectivity index (χ0) is 23.5. The first-order valence-corrected chi connectivity index (χ1v) is 11.3. The first kappa shape index (κ1) is 23.5. The summed E-state index contributed by atoms with van der Waals surface area (Å²) in [6.07, 6.45) is -0.221. The fraction of sp³-hybridized carbons (Fsp3) is 0.333. The zero-order valence-electron chi connectivity index (χ0n) is 17.8. The number of carbonyl (C=O) groups is 2. The maximum atomic E-state index is 12.6. The smallest absolute Gasteiger partial charge is 0.349 e. The van der Waals surface area contributed by atoms with Crippen LogP contribution in [0.1, 0.15) is 43.1 Å². The highest BCUT2D eigenvalue weighted by atomic mass is 32.2. The van der Waals surface area contributed by atoms with E-state index < -0.39 is 28.0 Å². The van der Waals surface area contributed by atoms with Crippen molar-refractivity contribution in [1.29, 1.82) is 0 Å². The van der Waals surface area contributed by atoms with Crippen molar-refractivity contribution in [3.05, 3.63) is 53.1 Å². The van der Waals surface area contributed by atoms with E-state index in [0.717, 1.165) is 10.6 Å². The van der Waals surface area contributed by atoms with Crippen LogP contribution in [-0.2, 0) is 37.5 Å². The van der Waals surface area contributed by atoms with Gasteiger partial charge in [0.05, 0.1) is 4.90 Å². The molecule has 0 saturated heterocycles. The van der Waals surface area contributed by atoms with E-state index >= 15 is 0 Å². The molecule has 1 unspecified atom stereocenters. The van der Waals surface area contributed by atoms with Gasteiger partial charge in [-0.25, -0.2) is 13.2 Å². The van der Waals surface area contributed by atoms with Gasteiger partial charge < -0.3 is 14.7 Å². The SMILES string of the molecule is CCCc1cc(S(=O)(=O)NN(C)C(C)=O)ccc1OC(C(=O)O)c1ccc2c(c1)OOC2. The lowest BCUT2D eigenvalue weighted by Gasteiger charge is -2.20. The van der Waals surface area contributed by atoms with Gasteiger partial charge in [-0.2, -0.15) is 4.89 Å². The lowest BCUT2D eigenvalue weighted by Crippen LogP contribution is -2.42. The number of hydrazine groups is 1. The molecule has 1 amide bonds. The van der Waals surface area contributed by atoms with Crippen LogP contribution in [0.5, 0.6) is 11.5 Å². The number of aryl methyl sites for hydroxylation is 1. The molecular formula is C21H24N2O8S.